The van der Waals surface area contributed by atoms with Crippen LogP contribution in [0.25, 0.3) is 6.08 Å². The molecule has 0 bridgehead atoms. The van der Waals surface area contributed by atoms with E-state index >= 15 is 0 Å². The molecular weight excluding hydrogens is 350 g/mol. The molecular formula is C20H23NO6. The van der Waals surface area contributed by atoms with Gasteiger partial charge in [0, 0.05) is 26.9 Å². The Morgan fingerprint density at radius 3 is 2.26 bits per heavy atom. The maximum Gasteiger partial charge on any atom is 0.348 e. The Balaban J connectivity index is 1.59. The molecule has 2 aliphatic rings. The second-order valence-corrected chi connectivity index (χ2v) is 7.04. The Kier molecular flexibility index (Phi) is 5.48. The second-order valence-electron chi connectivity index (χ2n) is 7.04. The van der Waals surface area contributed by atoms with Crippen LogP contribution in [0.15, 0.2) is 29.8 Å². The van der Waals surface area contributed by atoms with Crippen molar-refractivity contribution in [1.82, 2.24) is 4.90 Å². The summed E-state index contributed by atoms with van der Waals surface area (Å²) in [5.41, 5.74) is 0.455. The molecule has 0 saturated carbocycles. The predicted octanol–water partition coefficient (Wildman–Crippen LogP) is 2.30. The minimum Gasteiger partial charge on any atom is -0.484 e. The van der Waals surface area contributed by atoms with E-state index in [2.05, 4.69) is 0 Å². The number of piperidine rings is 1. The molecule has 0 aliphatic carbocycles. The molecule has 2 aliphatic heterocycles. The lowest BCUT2D eigenvalue weighted by Crippen LogP contribution is -2.41. The van der Waals surface area contributed by atoms with E-state index < -0.39 is 17.7 Å². The predicted molar refractivity (Wildman–Crippen MR) is 96.6 cm³/mol. The third-order valence-electron chi connectivity index (χ3n) is 4.38. The van der Waals surface area contributed by atoms with Gasteiger partial charge in [-0.2, -0.15) is 0 Å². The molecule has 7 heteroatoms. The van der Waals surface area contributed by atoms with E-state index in [1.54, 1.807) is 24.3 Å². The summed E-state index contributed by atoms with van der Waals surface area (Å²) in [5, 5.41) is 0. The number of carbonyl (C=O) groups excluding carboxylic acids is 3. The van der Waals surface area contributed by atoms with Crippen molar-refractivity contribution < 1.29 is 28.6 Å². The summed E-state index contributed by atoms with van der Waals surface area (Å²) in [6.45, 7) is 4.57. The van der Waals surface area contributed by atoms with Crippen molar-refractivity contribution in [3.8, 4) is 5.75 Å². The van der Waals surface area contributed by atoms with Gasteiger partial charge >= 0.3 is 11.9 Å². The van der Waals surface area contributed by atoms with E-state index in [1.807, 2.05) is 4.90 Å². The van der Waals surface area contributed by atoms with Crippen molar-refractivity contribution in [3.05, 3.63) is 35.4 Å². The number of hydrogen-bond donors (Lipinski definition) is 0. The van der Waals surface area contributed by atoms with E-state index in [4.69, 9.17) is 14.2 Å². The third-order valence-corrected chi connectivity index (χ3v) is 4.38. The normalized spacial score (nSPS) is 19.2. The smallest absolute Gasteiger partial charge is 0.348 e. The summed E-state index contributed by atoms with van der Waals surface area (Å²) in [4.78, 5) is 37.9. The lowest BCUT2D eigenvalue weighted by atomic mass is 10.1. The van der Waals surface area contributed by atoms with Gasteiger partial charge in [-0.1, -0.05) is 12.1 Å². The monoisotopic (exact) mass is 373 g/mol. The number of carbonyl (C=O) groups is 3. The molecule has 144 valence electrons. The summed E-state index contributed by atoms with van der Waals surface area (Å²) in [5.74, 6) is -2.18. The molecule has 27 heavy (non-hydrogen) atoms. The van der Waals surface area contributed by atoms with Gasteiger partial charge in [0.15, 0.2) is 6.61 Å². The number of esters is 2. The van der Waals surface area contributed by atoms with E-state index in [0.717, 1.165) is 25.9 Å². The lowest BCUT2D eigenvalue weighted by molar-refractivity contribution is -0.222. The van der Waals surface area contributed by atoms with Crippen molar-refractivity contribution in [2.45, 2.75) is 38.9 Å². The van der Waals surface area contributed by atoms with Gasteiger partial charge in [0.25, 0.3) is 11.7 Å². The van der Waals surface area contributed by atoms with Crippen LogP contribution in [0.4, 0.5) is 0 Å². The second kappa shape index (κ2) is 7.82. The summed E-state index contributed by atoms with van der Waals surface area (Å²) in [6, 6.07) is 6.74. The van der Waals surface area contributed by atoms with Crippen LogP contribution in [0.1, 0.15) is 38.7 Å². The van der Waals surface area contributed by atoms with Gasteiger partial charge in [-0.3, -0.25) is 4.79 Å². The van der Waals surface area contributed by atoms with Crippen molar-refractivity contribution in [2.75, 3.05) is 19.7 Å². The fourth-order valence-electron chi connectivity index (χ4n) is 2.99. The third kappa shape index (κ3) is 4.87. The lowest BCUT2D eigenvalue weighted by Gasteiger charge is -2.29. The Bertz CT molecular complexity index is 737. The van der Waals surface area contributed by atoms with Crippen LogP contribution in [0, 0.1) is 0 Å². The molecule has 3 rings (SSSR count). The van der Waals surface area contributed by atoms with Gasteiger partial charge in [0.05, 0.1) is 0 Å². The number of rotatable bonds is 4. The SMILES string of the molecule is CC1(C)OC(=O)C(=Cc2ccc(OCC(=O)N3CCCCC3)cc2)C(=O)O1. The van der Waals surface area contributed by atoms with Crippen LogP contribution in [-0.2, 0) is 23.9 Å². The molecule has 0 N–H and O–H groups in total. The molecule has 2 fully saturated rings. The summed E-state index contributed by atoms with van der Waals surface area (Å²) < 4.78 is 15.7. The average molecular weight is 373 g/mol. The maximum atomic E-state index is 12.1. The van der Waals surface area contributed by atoms with Gasteiger partial charge in [-0.05, 0) is 43.0 Å². The Morgan fingerprint density at radius 1 is 1.07 bits per heavy atom. The Morgan fingerprint density at radius 2 is 1.67 bits per heavy atom. The first-order valence-electron chi connectivity index (χ1n) is 9.03. The van der Waals surface area contributed by atoms with Crippen molar-refractivity contribution in [1.29, 1.82) is 0 Å². The highest BCUT2D eigenvalue weighted by atomic mass is 16.7. The zero-order chi connectivity index (χ0) is 19.4. The van der Waals surface area contributed by atoms with Gasteiger partial charge < -0.3 is 19.1 Å². The van der Waals surface area contributed by atoms with E-state index in [9.17, 15) is 14.4 Å². The summed E-state index contributed by atoms with van der Waals surface area (Å²) in [6.07, 6.45) is 4.65. The highest BCUT2D eigenvalue weighted by molar-refractivity contribution is 6.18. The maximum absolute atomic E-state index is 12.1. The zero-order valence-electron chi connectivity index (χ0n) is 15.5. The molecule has 1 amide bonds. The first-order valence-corrected chi connectivity index (χ1v) is 9.03. The number of amides is 1. The van der Waals surface area contributed by atoms with E-state index in [1.165, 1.54) is 26.3 Å². The van der Waals surface area contributed by atoms with Crippen LogP contribution in [-0.4, -0.2) is 48.2 Å². The topological polar surface area (TPSA) is 82.1 Å². The van der Waals surface area contributed by atoms with Crippen molar-refractivity contribution >= 4 is 23.9 Å². The number of likely N-dealkylation sites (tertiary alicyclic amines) is 1. The van der Waals surface area contributed by atoms with Crippen LogP contribution in [0.2, 0.25) is 0 Å². The molecule has 0 spiro atoms. The molecule has 7 nitrogen and oxygen atoms in total. The fourth-order valence-corrected chi connectivity index (χ4v) is 2.99. The molecule has 1 aromatic carbocycles. The Hall–Kier alpha value is -2.83. The molecule has 2 saturated heterocycles. The minimum absolute atomic E-state index is 0.00578. The van der Waals surface area contributed by atoms with Gasteiger partial charge in [-0.15, -0.1) is 0 Å². The number of nitrogens with zero attached hydrogens (tertiary/aromatic N) is 1. The van der Waals surface area contributed by atoms with Crippen LogP contribution >= 0.6 is 0 Å². The fraction of sp³-hybridized carbons (Fsp3) is 0.450. The number of hydrogen-bond acceptors (Lipinski definition) is 6. The van der Waals surface area contributed by atoms with Crippen LogP contribution in [0.3, 0.4) is 0 Å². The Labute approximate surface area is 157 Å². The number of ether oxygens (including phenoxy) is 3. The molecule has 0 unspecified atom stereocenters. The van der Waals surface area contributed by atoms with Crippen LogP contribution < -0.4 is 4.74 Å². The molecule has 1 aromatic rings. The highest BCUT2D eigenvalue weighted by Crippen LogP contribution is 2.24. The minimum atomic E-state index is -1.26. The summed E-state index contributed by atoms with van der Waals surface area (Å²) in [7, 11) is 0. The van der Waals surface area contributed by atoms with E-state index in [0.29, 0.717) is 11.3 Å². The van der Waals surface area contributed by atoms with Crippen LogP contribution in [0.5, 0.6) is 5.75 Å². The van der Waals surface area contributed by atoms with Gasteiger partial charge in [0.2, 0.25) is 0 Å². The average Bonchev–Trinajstić information content (AvgIpc) is 2.63. The van der Waals surface area contributed by atoms with Crippen molar-refractivity contribution in [3.63, 3.8) is 0 Å². The standard InChI is InChI=1S/C20H23NO6/c1-20(2)26-18(23)16(19(24)27-20)12-14-6-8-15(9-7-14)25-13-17(22)21-10-4-3-5-11-21/h6-9,12H,3-5,10-11,13H2,1-2H3. The molecule has 0 atom stereocenters. The zero-order valence-corrected chi connectivity index (χ0v) is 15.5. The van der Waals surface area contributed by atoms with Gasteiger partial charge in [0.1, 0.15) is 11.3 Å². The highest BCUT2D eigenvalue weighted by Gasteiger charge is 2.38. The molecule has 0 aromatic heterocycles. The molecule has 2 heterocycles. The first kappa shape index (κ1) is 18.9. The van der Waals surface area contributed by atoms with E-state index in [-0.39, 0.29) is 18.1 Å². The first-order chi connectivity index (χ1) is 12.8. The quantitative estimate of drug-likeness (QED) is 0.458. The van der Waals surface area contributed by atoms with Crippen molar-refractivity contribution in [2.24, 2.45) is 0 Å². The number of benzene rings is 1. The van der Waals surface area contributed by atoms with Gasteiger partial charge in [-0.25, -0.2) is 9.59 Å². The summed E-state index contributed by atoms with van der Waals surface area (Å²) >= 11 is 0. The largest absolute Gasteiger partial charge is 0.484 e. The number of cyclic esters (lactones) is 2. The molecule has 0 radical (unpaired) electrons.